The van der Waals surface area contributed by atoms with E-state index >= 15 is 0 Å². The lowest BCUT2D eigenvalue weighted by molar-refractivity contribution is 1.43. The van der Waals surface area contributed by atoms with E-state index in [2.05, 4.69) is 24.6 Å². The van der Waals surface area contributed by atoms with Crippen LogP contribution >= 0.6 is 0 Å². The lowest BCUT2D eigenvalue weighted by atomic mass is 10.9. The summed E-state index contributed by atoms with van der Waals surface area (Å²) in [6, 6.07) is 0. The first-order valence-electron chi connectivity index (χ1n) is 2.92. The third kappa shape index (κ3) is 3.04. The molecule has 2 nitrogen and oxygen atoms in total. The van der Waals surface area contributed by atoms with Gasteiger partial charge in [0.15, 0.2) is 0 Å². The molecule has 0 aliphatic heterocycles. The van der Waals surface area contributed by atoms with E-state index in [4.69, 9.17) is 5.26 Å². The van der Waals surface area contributed by atoms with Crippen molar-refractivity contribution in [3.05, 3.63) is 0 Å². The number of nitrogens with zero attached hydrogens (tertiary/aromatic N) is 2. The van der Waals surface area contributed by atoms with Crippen LogP contribution in [0.3, 0.4) is 0 Å². The molecule has 0 atom stereocenters. The van der Waals surface area contributed by atoms with E-state index in [1.165, 1.54) is 0 Å². The van der Waals surface area contributed by atoms with Crippen LogP contribution in [0.15, 0.2) is 4.99 Å². The van der Waals surface area contributed by atoms with Crippen molar-refractivity contribution < 1.29 is 0 Å². The average molecular weight is 140 g/mol. The van der Waals surface area contributed by atoms with E-state index < -0.39 is 8.07 Å². The molecule has 3 heteroatoms. The van der Waals surface area contributed by atoms with Crippen molar-refractivity contribution in [3.8, 4) is 6.19 Å². The molecule has 0 saturated heterocycles. The van der Waals surface area contributed by atoms with Gasteiger partial charge in [-0.2, -0.15) is 10.3 Å². The van der Waals surface area contributed by atoms with Gasteiger partial charge in [0, 0.05) is 5.33 Å². The Morgan fingerprint density at radius 2 is 1.89 bits per heavy atom. The zero-order valence-electron chi connectivity index (χ0n) is 6.39. The maximum atomic E-state index is 8.18. The smallest absolute Gasteiger partial charge is 0.188 e. The SMILES string of the molecule is C/C(=N\C#N)[Si](C)(C)C. The first-order chi connectivity index (χ1) is 3.98. The monoisotopic (exact) mass is 140 g/mol. The van der Waals surface area contributed by atoms with Gasteiger partial charge in [-0.25, -0.2) is 0 Å². The minimum Gasteiger partial charge on any atom is -0.188 e. The summed E-state index contributed by atoms with van der Waals surface area (Å²) in [5.74, 6) is 0. The minimum absolute atomic E-state index is 1.02. The van der Waals surface area contributed by atoms with Crippen LogP contribution in [-0.4, -0.2) is 13.4 Å². The topological polar surface area (TPSA) is 36.1 Å². The van der Waals surface area contributed by atoms with Gasteiger partial charge in [-0.05, 0) is 6.92 Å². The Morgan fingerprint density at radius 3 is 2.00 bits per heavy atom. The largest absolute Gasteiger partial charge is 0.205 e. The number of hydrogen-bond donors (Lipinski definition) is 0. The molecule has 0 aromatic carbocycles. The van der Waals surface area contributed by atoms with Gasteiger partial charge in [0.25, 0.3) is 0 Å². The third-order valence-corrected chi connectivity index (χ3v) is 3.59. The fourth-order valence-electron chi connectivity index (χ4n) is 0.243. The molecule has 0 rings (SSSR count). The molecular weight excluding hydrogens is 128 g/mol. The van der Waals surface area contributed by atoms with Crippen molar-refractivity contribution in [1.29, 1.82) is 5.26 Å². The maximum Gasteiger partial charge on any atom is 0.205 e. The van der Waals surface area contributed by atoms with E-state index in [1.807, 2.05) is 6.92 Å². The lowest BCUT2D eigenvalue weighted by Gasteiger charge is -2.12. The van der Waals surface area contributed by atoms with Crippen LogP contribution in [-0.2, 0) is 0 Å². The second kappa shape index (κ2) is 2.79. The van der Waals surface area contributed by atoms with Crippen LogP contribution in [0.25, 0.3) is 0 Å². The molecule has 0 aliphatic rings. The molecule has 0 N–H and O–H groups in total. The van der Waals surface area contributed by atoms with Crippen molar-refractivity contribution in [2.24, 2.45) is 4.99 Å². The van der Waals surface area contributed by atoms with Gasteiger partial charge >= 0.3 is 0 Å². The Balaban J connectivity index is 4.25. The third-order valence-electron chi connectivity index (χ3n) is 1.30. The zero-order valence-corrected chi connectivity index (χ0v) is 7.39. The van der Waals surface area contributed by atoms with Gasteiger partial charge in [0.1, 0.15) is 0 Å². The highest BCUT2D eigenvalue weighted by atomic mass is 28.3. The molecule has 0 aromatic heterocycles. The van der Waals surface area contributed by atoms with Gasteiger partial charge in [-0.1, -0.05) is 19.6 Å². The fraction of sp³-hybridized carbons (Fsp3) is 0.667. The zero-order chi connectivity index (χ0) is 7.49. The van der Waals surface area contributed by atoms with Crippen LogP contribution in [0.2, 0.25) is 19.6 Å². The number of hydrogen-bond acceptors (Lipinski definition) is 2. The first-order valence-corrected chi connectivity index (χ1v) is 6.42. The molecule has 0 bridgehead atoms. The number of nitriles is 1. The van der Waals surface area contributed by atoms with Crippen LogP contribution in [0.4, 0.5) is 0 Å². The fourth-order valence-corrected chi connectivity index (χ4v) is 0.628. The highest BCUT2D eigenvalue weighted by Crippen LogP contribution is 2.02. The summed E-state index contributed by atoms with van der Waals surface area (Å²) >= 11 is 0. The molecule has 0 fully saturated rings. The average Bonchev–Trinajstić information content (AvgIpc) is 1.64. The molecule has 0 saturated carbocycles. The summed E-state index contributed by atoms with van der Waals surface area (Å²) in [5, 5.41) is 9.20. The summed E-state index contributed by atoms with van der Waals surface area (Å²) in [7, 11) is -1.25. The quantitative estimate of drug-likeness (QED) is 0.311. The standard InChI is InChI=1S/C6H12N2Si/c1-6(8-5-7)9(2,3)4/h1-4H3/b8-6+. The van der Waals surface area contributed by atoms with E-state index in [9.17, 15) is 0 Å². The van der Waals surface area contributed by atoms with Gasteiger partial charge in [0.2, 0.25) is 6.19 Å². The molecular formula is C6H12N2Si. The Hall–Kier alpha value is -0.623. The van der Waals surface area contributed by atoms with Crippen molar-refractivity contribution in [2.45, 2.75) is 26.6 Å². The van der Waals surface area contributed by atoms with E-state index in [0.29, 0.717) is 0 Å². The Kier molecular flexibility index (Phi) is 2.59. The molecule has 0 amide bonds. The molecule has 0 aliphatic carbocycles. The normalized spacial score (nSPS) is 13.0. The molecule has 0 radical (unpaired) electrons. The summed E-state index contributed by atoms with van der Waals surface area (Å²) in [5.41, 5.74) is 0. The van der Waals surface area contributed by atoms with E-state index in [1.54, 1.807) is 6.19 Å². The van der Waals surface area contributed by atoms with Crippen LogP contribution in [0, 0.1) is 11.5 Å². The molecule has 0 aromatic rings. The first kappa shape index (κ1) is 8.38. The Bertz CT molecular complexity index is 159. The van der Waals surface area contributed by atoms with Crippen LogP contribution in [0.5, 0.6) is 0 Å². The highest BCUT2D eigenvalue weighted by molar-refractivity contribution is 7.04. The van der Waals surface area contributed by atoms with E-state index in [0.717, 1.165) is 5.33 Å². The van der Waals surface area contributed by atoms with Gasteiger partial charge in [0.05, 0.1) is 8.07 Å². The van der Waals surface area contributed by atoms with Gasteiger partial charge < -0.3 is 0 Å². The molecule has 9 heavy (non-hydrogen) atoms. The van der Waals surface area contributed by atoms with Crippen LogP contribution < -0.4 is 0 Å². The second-order valence-corrected chi connectivity index (χ2v) is 8.27. The Labute approximate surface area is 57.2 Å². The maximum absolute atomic E-state index is 8.18. The molecule has 0 heterocycles. The summed E-state index contributed by atoms with van der Waals surface area (Å²) < 4.78 is 0. The Morgan fingerprint density at radius 1 is 1.44 bits per heavy atom. The molecule has 0 spiro atoms. The molecule has 50 valence electrons. The predicted molar refractivity (Wildman–Crippen MR) is 42.1 cm³/mol. The predicted octanol–water partition coefficient (Wildman–Crippen LogP) is 1.81. The van der Waals surface area contributed by atoms with Crippen molar-refractivity contribution in [2.75, 3.05) is 0 Å². The van der Waals surface area contributed by atoms with Crippen molar-refractivity contribution in [1.82, 2.24) is 0 Å². The molecule has 0 unspecified atom stereocenters. The summed E-state index contributed by atoms with van der Waals surface area (Å²) in [6.07, 6.45) is 1.80. The van der Waals surface area contributed by atoms with Gasteiger partial charge in [-0.15, -0.1) is 0 Å². The minimum atomic E-state index is -1.25. The summed E-state index contributed by atoms with van der Waals surface area (Å²) in [6.45, 7) is 8.44. The number of rotatable bonds is 1. The second-order valence-electron chi connectivity index (χ2n) is 3.05. The van der Waals surface area contributed by atoms with Crippen molar-refractivity contribution in [3.63, 3.8) is 0 Å². The van der Waals surface area contributed by atoms with Gasteiger partial charge in [-0.3, -0.25) is 0 Å². The highest BCUT2D eigenvalue weighted by Gasteiger charge is 2.16. The van der Waals surface area contributed by atoms with E-state index in [-0.39, 0.29) is 0 Å². The lowest BCUT2D eigenvalue weighted by Crippen LogP contribution is -2.30. The summed E-state index contributed by atoms with van der Waals surface area (Å²) in [4.78, 5) is 3.68. The van der Waals surface area contributed by atoms with Crippen molar-refractivity contribution >= 4 is 13.4 Å². The van der Waals surface area contributed by atoms with Crippen LogP contribution in [0.1, 0.15) is 6.92 Å². The number of aliphatic imine (C=N–C) groups is 1.